The maximum atomic E-state index is 13.0. The van der Waals surface area contributed by atoms with Crippen molar-refractivity contribution in [2.75, 3.05) is 26.2 Å². The van der Waals surface area contributed by atoms with E-state index in [1.54, 1.807) is 17.4 Å². The first kappa shape index (κ1) is 29.3. The molecular formula is C32H40N6O4. The highest BCUT2D eigenvalue weighted by Crippen LogP contribution is 2.43. The third-order valence-corrected chi connectivity index (χ3v) is 7.60. The highest BCUT2D eigenvalue weighted by molar-refractivity contribution is 5.90. The Bertz CT molecular complexity index is 1470. The Kier molecular flexibility index (Phi) is 8.63. The molecule has 0 radical (unpaired) electrons. The number of nitrogens with zero attached hydrogens (tertiary/aromatic N) is 5. The molecule has 1 fully saturated rings. The predicted octanol–water partition coefficient (Wildman–Crippen LogP) is 5.11. The smallest absolute Gasteiger partial charge is 0.410 e. The molecule has 0 saturated carbocycles. The number of nitrogens with one attached hydrogen (secondary N) is 1. The van der Waals surface area contributed by atoms with Gasteiger partial charge in [-0.2, -0.15) is 0 Å². The minimum absolute atomic E-state index is 0.149. The molecule has 0 bridgehead atoms. The van der Waals surface area contributed by atoms with Gasteiger partial charge in [0, 0.05) is 39.4 Å². The van der Waals surface area contributed by atoms with Gasteiger partial charge < -0.3 is 24.3 Å². The topological polar surface area (TPSA) is 102 Å². The van der Waals surface area contributed by atoms with E-state index in [0.717, 1.165) is 39.2 Å². The quantitative estimate of drug-likeness (QED) is 0.438. The average molecular weight is 573 g/mol. The van der Waals surface area contributed by atoms with Gasteiger partial charge in [-0.3, -0.25) is 9.88 Å². The molecule has 10 nitrogen and oxygen atoms in total. The molecule has 2 aliphatic rings. The van der Waals surface area contributed by atoms with E-state index in [4.69, 9.17) is 14.5 Å². The van der Waals surface area contributed by atoms with Crippen LogP contribution in [0, 0.1) is 6.92 Å². The Morgan fingerprint density at radius 2 is 1.76 bits per heavy atom. The van der Waals surface area contributed by atoms with E-state index in [-0.39, 0.29) is 24.3 Å². The largest absolute Gasteiger partial charge is 0.447 e. The fourth-order valence-electron chi connectivity index (χ4n) is 5.70. The van der Waals surface area contributed by atoms with Crippen molar-refractivity contribution in [1.82, 2.24) is 29.7 Å². The molecule has 2 amide bonds. The normalized spacial score (nSPS) is 17.7. The van der Waals surface area contributed by atoms with Crippen LogP contribution in [0.4, 0.5) is 9.59 Å². The summed E-state index contributed by atoms with van der Waals surface area (Å²) < 4.78 is 12.9. The number of hydrogen-bond donors (Lipinski definition) is 1. The molecular weight excluding hydrogens is 532 g/mol. The Labute approximate surface area is 247 Å². The Balaban J connectivity index is 1.59. The van der Waals surface area contributed by atoms with Crippen molar-refractivity contribution in [2.45, 2.75) is 58.9 Å². The molecule has 0 unspecified atom stereocenters. The lowest BCUT2D eigenvalue weighted by Crippen LogP contribution is -2.50. The summed E-state index contributed by atoms with van der Waals surface area (Å²) in [4.78, 5) is 39.1. The van der Waals surface area contributed by atoms with Crippen molar-refractivity contribution < 1.29 is 19.1 Å². The second-order valence-electron chi connectivity index (χ2n) is 11.5. The molecule has 222 valence electrons. The van der Waals surface area contributed by atoms with Gasteiger partial charge in [-0.05, 0) is 69.0 Å². The number of alkyl carbamates (subject to hydrolysis) is 1. The molecule has 5 rings (SSSR count). The van der Waals surface area contributed by atoms with Crippen LogP contribution < -0.4 is 5.32 Å². The number of pyridine rings is 1. The first-order valence-corrected chi connectivity index (χ1v) is 14.5. The first-order chi connectivity index (χ1) is 20.1. The van der Waals surface area contributed by atoms with Crippen LogP contribution in [0.15, 0.2) is 49.1 Å². The third kappa shape index (κ3) is 6.18. The number of aromatic nitrogens is 3. The van der Waals surface area contributed by atoms with Gasteiger partial charge in [0.15, 0.2) is 0 Å². The molecule has 1 aliphatic carbocycles. The lowest BCUT2D eigenvalue weighted by Gasteiger charge is -2.39. The van der Waals surface area contributed by atoms with Crippen LogP contribution in [0.2, 0.25) is 0 Å². The highest BCUT2D eigenvalue weighted by Gasteiger charge is 2.36. The van der Waals surface area contributed by atoms with E-state index < -0.39 is 12.1 Å². The van der Waals surface area contributed by atoms with E-state index in [1.807, 2.05) is 51.6 Å². The van der Waals surface area contributed by atoms with Gasteiger partial charge >= 0.3 is 12.2 Å². The van der Waals surface area contributed by atoms with Gasteiger partial charge in [0.2, 0.25) is 0 Å². The fourth-order valence-corrected chi connectivity index (χ4v) is 5.70. The number of benzene rings is 1. The number of rotatable bonds is 6. The minimum Gasteiger partial charge on any atom is -0.447 e. The average Bonchev–Trinajstić information content (AvgIpc) is 3.31. The number of hydrogen-bond acceptors (Lipinski definition) is 7. The summed E-state index contributed by atoms with van der Waals surface area (Å²) >= 11 is 0. The van der Waals surface area contributed by atoms with Crippen LogP contribution in [-0.2, 0) is 16.5 Å². The second kappa shape index (κ2) is 12.4. The number of carbonyl (C=O) groups excluding carboxylic acids is 2. The van der Waals surface area contributed by atoms with E-state index in [2.05, 4.69) is 52.5 Å². The lowest BCUT2D eigenvalue weighted by atomic mass is 9.88. The van der Waals surface area contributed by atoms with E-state index >= 15 is 0 Å². The maximum absolute atomic E-state index is 13.0. The standard InChI is InChI=1S/C32H40N6O4/c1-20(2)41-31(39)35-29(27-18-33-19-36(27)6)26-17-23-8-7-11-34-28(23)30(24-10-9-22(5)16-25(24)26)37-12-14-38(15-13-37)32(40)42-21(3)4/h7-11,16-21,29-30H,12-15H2,1-6H3,(H,35,39)/t29-,30+/m1/s1. The number of aryl methyl sites for hydroxylation is 2. The van der Waals surface area contributed by atoms with Crippen LogP contribution in [0.5, 0.6) is 0 Å². The van der Waals surface area contributed by atoms with Crippen LogP contribution in [0.3, 0.4) is 0 Å². The number of piperazine rings is 1. The molecule has 2 aromatic heterocycles. The Morgan fingerprint density at radius 1 is 1.02 bits per heavy atom. The zero-order valence-corrected chi connectivity index (χ0v) is 25.2. The number of fused-ring (bicyclic) bond motifs is 2. The van der Waals surface area contributed by atoms with E-state index in [0.29, 0.717) is 26.2 Å². The van der Waals surface area contributed by atoms with Crippen LogP contribution in [-0.4, -0.2) is 74.9 Å². The van der Waals surface area contributed by atoms with Gasteiger partial charge in [-0.25, -0.2) is 14.6 Å². The highest BCUT2D eigenvalue weighted by atomic mass is 16.6. The maximum Gasteiger partial charge on any atom is 0.410 e. The van der Waals surface area contributed by atoms with Gasteiger partial charge in [-0.15, -0.1) is 0 Å². The Morgan fingerprint density at radius 3 is 2.43 bits per heavy atom. The van der Waals surface area contributed by atoms with Crippen LogP contribution in [0.1, 0.15) is 73.4 Å². The second-order valence-corrected chi connectivity index (χ2v) is 11.5. The molecule has 10 heteroatoms. The molecule has 3 aromatic rings. The zero-order chi connectivity index (χ0) is 30.0. The SMILES string of the molecule is Cc1ccc2c(c1)C([C@@H](NC(=O)OC(C)C)c1cncn1C)=Cc1cccnc1[C@H]2N1CCN(C(=O)OC(C)C)CC1. The van der Waals surface area contributed by atoms with Crippen LogP contribution in [0.25, 0.3) is 11.6 Å². The summed E-state index contributed by atoms with van der Waals surface area (Å²) in [5.74, 6) is 0. The summed E-state index contributed by atoms with van der Waals surface area (Å²) in [6.45, 7) is 11.9. The molecule has 2 atom stereocenters. The summed E-state index contributed by atoms with van der Waals surface area (Å²) in [7, 11) is 1.92. The number of amides is 2. The number of carbonyl (C=O) groups is 2. The van der Waals surface area contributed by atoms with Crippen molar-refractivity contribution in [3.05, 3.63) is 82.7 Å². The van der Waals surface area contributed by atoms with Gasteiger partial charge in [0.1, 0.15) is 0 Å². The molecule has 42 heavy (non-hydrogen) atoms. The first-order valence-electron chi connectivity index (χ1n) is 14.5. The molecule has 1 N–H and O–H groups in total. The molecule has 1 aliphatic heterocycles. The molecule has 3 heterocycles. The lowest BCUT2D eigenvalue weighted by molar-refractivity contribution is 0.0513. The third-order valence-electron chi connectivity index (χ3n) is 7.60. The van der Waals surface area contributed by atoms with Gasteiger partial charge in [-0.1, -0.05) is 29.8 Å². The predicted molar refractivity (Wildman–Crippen MR) is 161 cm³/mol. The van der Waals surface area contributed by atoms with Crippen molar-refractivity contribution in [1.29, 1.82) is 0 Å². The Hall–Kier alpha value is -4.18. The summed E-state index contributed by atoms with van der Waals surface area (Å²) in [6, 6.07) is 9.78. The number of imidazole rings is 1. The summed E-state index contributed by atoms with van der Waals surface area (Å²) in [5.41, 5.74) is 6.88. The van der Waals surface area contributed by atoms with Gasteiger partial charge in [0.25, 0.3) is 0 Å². The monoisotopic (exact) mass is 572 g/mol. The fraction of sp³-hybridized carbons (Fsp3) is 0.438. The van der Waals surface area contributed by atoms with Crippen LogP contribution >= 0.6 is 0 Å². The van der Waals surface area contributed by atoms with Crippen molar-refractivity contribution >= 4 is 23.8 Å². The van der Waals surface area contributed by atoms with E-state index in [9.17, 15) is 9.59 Å². The molecule has 1 saturated heterocycles. The molecule has 1 aromatic carbocycles. The minimum atomic E-state index is -0.529. The van der Waals surface area contributed by atoms with Crippen molar-refractivity contribution in [2.24, 2.45) is 7.05 Å². The van der Waals surface area contributed by atoms with Crippen molar-refractivity contribution in [3.8, 4) is 0 Å². The van der Waals surface area contributed by atoms with Crippen molar-refractivity contribution in [3.63, 3.8) is 0 Å². The summed E-state index contributed by atoms with van der Waals surface area (Å²) in [5, 5.41) is 3.13. The molecule has 0 spiro atoms. The number of ether oxygens (including phenoxy) is 2. The van der Waals surface area contributed by atoms with E-state index in [1.165, 1.54) is 0 Å². The summed E-state index contributed by atoms with van der Waals surface area (Å²) in [6.07, 6.45) is 6.26. The zero-order valence-electron chi connectivity index (χ0n) is 25.2. The van der Waals surface area contributed by atoms with Gasteiger partial charge in [0.05, 0.1) is 48.2 Å².